The Morgan fingerprint density at radius 3 is 3.20 bits per heavy atom. The van der Waals surface area contributed by atoms with Crippen molar-refractivity contribution in [3.8, 4) is 0 Å². The molecule has 49 valence electrons. The fraction of sp³-hybridized carbons (Fsp3) is 0. The first-order chi connectivity index (χ1) is 4.86. The molecule has 0 aliphatic carbocycles. The zero-order valence-corrected chi connectivity index (χ0v) is 7.50. The maximum atomic E-state index is 3.41. The van der Waals surface area contributed by atoms with Gasteiger partial charge in [0.25, 0.3) is 0 Å². The van der Waals surface area contributed by atoms with Crippen molar-refractivity contribution >= 4 is 38.0 Å². The Labute approximate surface area is 71.6 Å². The number of hydrogen-bond donors (Lipinski definition) is 0. The van der Waals surface area contributed by atoms with Gasteiger partial charge in [0.2, 0.25) is 0 Å². The van der Waals surface area contributed by atoms with E-state index < -0.39 is 0 Å². The number of fused-ring (bicyclic) bond motifs is 1. The Bertz CT molecular complexity index is 351. The molecule has 2 rings (SSSR count). The summed E-state index contributed by atoms with van der Waals surface area (Å²) in [5.41, 5.74) is 0. The minimum Gasteiger partial charge on any atom is -0.142 e. The number of rotatable bonds is 0. The van der Waals surface area contributed by atoms with Crippen molar-refractivity contribution in [2.45, 2.75) is 0 Å². The molecule has 2 heteroatoms. The number of hydrogen-bond acceptors (Lipinski definition) is 1. The molecule has 0 amide bonds. The first kappa shape index (κ1) is 6.38. The zero-order chi connectivity index (χ0) is 6.97. The highest BCUT2D eigenvalue weighted by atomic mass is 79.9. The largest absolute Gasteiger partial charge is 0.142 e. The van der Waals surface area contributed by atoms with Gasteiger partial charge in [-0.25, -0.2) is 0 Å². The van der Waals surface area contributed by atoms with Crippen LogP contribution in [0, 0.1) is 5.38 Å². The summed E-state index contributed by atoms with van der Waals surface area (Å²) in [6.45, 7) is 0. The fourth-order valence-corrected chi connectivity index (χ4v) is 1.95. The van der Waals surface area contributed by atoms with E-state index in [1.807, 2.05) is 6.07 Å². The van der Waals surface area contributed by atoms with Crippen LogP contribution >= 0.6 is 27.3 Å². The minimum atomic E-state index is 1.13. The quantitative estimate of drug-likeness (QED) is 0.627. The van der Waals surface area contributed by atoms with Gasteiger partial charge in [-0.1, -0.05) is 22.0 Å². The predicted molar refractivity (Wildman–Crippen MR) is 48.4 cm³/mol. The van der Waals surface area contributed by atoms with Crippen molar-refractivity contribution in [1.29, 1.82) is 0 Å². The fourth-order valence-electron chi connectivity index (χ4n) is 0.880. The molecule has 0 unspecified atom stereocenters. The van der Waals surface area contributed by atoms with E-state index in [-0.39, 0.29) is 0 Å². The van der Waals surface area contributed by atoms with Crippen molar-refractivity contribution in [3.05, 3.63) is 33.4 Å². The molecule has 0 fully saturated rings. The summed E-state index contributed by atoms with van der Waals surface area (Å²) in [6.07, 6.45) is 0. The summed E-state index contributed by atoms with van der Waals surface area (Å²) < 4.78 is 1.13. The topological polar surface area (TPSA) is 0 Å². The smallest absolute Gasteiger partial charge is 0.0527 e. The lowest BCUT2D eigenvalue weighted by Gasteiger charge is -1.88. The van der Waals surface area contributed by atoms with Crippen LogP contribution in [0.3, 0.4) is 0 Å². The molecule has 0 saturated carbocycles. The molecular formula is C8H4BrS. The number of halogens is 1. The summed E-state index contributed by atoms with van der Waals surface area (Å²) in [4.78, 5) is 0. The minimum absolute atomic E-state index is 1.13. The van der Waals surface area contributed by atoms with Gasteiger partial charge in [-0.2, -0.15) is 0 Å². The van der Waals surface area contributed by atoms with Gasteiger partial charge >= 0.3 is 0 Å². The van der Waals surface area contributed by atoms with Crippen LogP contribution in [0.25, 0.3) is 10.8 Å². The molecule has 0 nitrogen and oxygen atoms in total. The zero-order valence-electron chi connectivity index (χ0n) is 5.10. The standard InChI is InChI=1S/C8H4BrS/c9-8-2-1-6-4-10-5-7(6)3-8/h1-3,5H. The lowest BCUT2D eigenvalue weighted by atomic mass is 10.2. The van der Waals surface area contributed by atoms with Crippen LogP contribution in [0.4, 0.5) is 0 Å². The Balaban J connectivity index is 2.86. The Morgan fingerprint density at radius 1 is 1.40 bits per heavy atom. The van der Waals surface area contributed by atoms with Crippen LogP contribution < -0.4 is 0 Å². The highest BCUT2D eigenvalue weighted by Gasteiger charge is 1.93. The third-order valence-electron chi connectivity index (χ3n) is 1.37. The molecule has 1 radical (unpaired) electrons. The van der Waals surface area contributed by atoms with E-state index in [2.05, 4.69) is 38.8 Å². The summed E-state index contributed by atoms with van der Waals surface area (Å²) in [7, 11) is 0. The molecule has 0 bridgehead atoms. The molecular weight excluding hydrogens is 208 g/mol. The Hall–Kier alpha value is -0.340. The van der Waals surface area contributed by atoms with Gasteiger partial charge in [-0.05, 0) is 22.9 Å². The van der Waals surface area contributed by atoms with Crippen molar-refractivity contribution in [2.75, 3.05) is 0 Å². The van der Waals surface area contributed by atoms with Gasteiger partial charge < -0.3 is 0 Å². The lowest BCUT2D eigenvalue weighted by molar-refractivity contribution is 1.76. The first-order valence-electron chi connectivity index (χ1n) is 2.91. The molecule has 0 aliphatic heterocycles. The van der Waals surface area contributed by atoms with Crippen molar-refractivity contribution in [3.63, 3.8) is 0 Å². The summed E-state index contributed by atoms with van der Waals surface area (Å²) in [6, 6.07) is 6.20. The van der Waals surface area contributed by atoms with Gasteiger partial charge in [-0.15, -0.1) is 11.3 Å². The highest BCUT2D eigenvalue weighted by molar-refractivity contribution is 9.10. The highest BCUT2D eigenvalue weighted by Crippen LogP contribution is 2.21. The van der Waals surface area contributed by atoms with E-state index >= 15 is 0 Å². The van der Waals surface area contributed by atoms with E-state index in [0.29, 0.717) is 0 Å². The lowest BCUT2D eigenvalue weighted by Crippen LogP contribution is -1.63. The Morgan fingerprint density at radius 2 is 2.30 bits per heavy atom. The maximum absolute atomic E-state index is 3.41. The monoisotopic (exact) mass is 211 g/mol. The average Bonchev–Trinajstić information content (AvgIpc) is 2.33. The van der Waals surface area contributed by atoms with Gasteiger partial charge in [0.05, 0.1) is 5.38 Å². The predicted octanol–water partition coefficient (Wildman–Crippen LogP) is 3.46. The molecule has 0 atom stereocenters. The summed E-state index contributed by atoms with van der Waals surface area (Å²) in [5, 5.41) is 7.73. The second-order valence-electron chi connectivity index (χ2n) is 2.07. The molecule has 0 N–H and O–H groups in total. The normalized spacial score (nSPS) is 10.5. The van der Waals surface area contributed by atoms with Crippen LogP contribution in [-0.2, 0) is 0 Å². The van der Waals surface area contributed by atoms with Crippen LogP contribution in [-0.4, -0.2) is 0 Å². The van der Waals surface area contributed by atoms with Crippen LogP contribution in [0.1, 0.15) is 0 Å². The van der Waals surface area contributed by atoms with Crippen LogP contribution in [0.2, 0.25) is 0 Å². The summed E-state index contributed by atoms with van der Waals surface area (Å²) >= 11 is 5.02. The van der Waals surface area contributed by atoms with E-state index in [9.17, 15) is 0 Å². The molecule has 10 heavy (non-hydrogen) atoms. The van der Waals surface area contributed by atoms with Crippen molar-refractivity contribution in [1.82, 2.24) is 0 Å². The second kappa shape index (κ2) is 2.36. The first-order valence-corrected chi connectivity index (χ1v) is 4.58. The second-order valence-corrected chi connectivity index (χ2v) is 3.66. The van der Waals surface area contributed by atoms with Gasteiger partial charge in [0.15, 0.2) is 0 Å². The molecule has 2 aromatic rings. The number of thiophene rings is 1. The van der Waals surface area contributed by atoms with Crippen molar-refractivity contribution in [2.24, 2.45) is 0 Å². The third-order valence-corrected chi connectivity index (χ3v) is 2.57. The van der Waals surface area contributed by atoms with E-state index in [1.54, 1.807) is 11.3 Å². The van der Waals surface area contributed by atoms with E-state index in [4.69, 9.17) is 0 Å². The average molecular weight is 212 g/mol. The molecule has 1 heterocycles. The molecule has 1 aromatic heterocycles. The van der Waals surface area contributed by atoms with Gasteiger partial charge in [0.1, 0.15) is 0 Å². The molecule has 0 spiro atoms. The molecule has 0 aliphatic rings. The third kappa shape index (κ3) is 0.976. The SMILES string of the molecule is Brc1ccc2[c]scc2c1. The molecule has 1 aromatic carbocycles. The number of benzene rings is 1. The Kier molecular flexibility index (Phi) is 1.51. The molecule has 0 saturated heterocycles. The van der Waals surface area contributed by atoms with E-state index in [1.165, 1.54) is 10.8 Å². The van der Waals surface area contributed by atoms with E-state index in [0.717, 1.165) is 4.47 Å². The van der Waals surface area contributed by atoms with Crippen LogP contribution in [0.15, 0.2) is 28.1 Å². The summed E-state index contributed by atoms with van der Waals surface area (Å²) in [5.74, 6) is 0. The van der Waals surface area contributed by atoms with Gasteiger partial charge in [-0.3, -0.25) is 0 Å². The van der Waals surface area contributed by atoms with Gasteiger partial charge in [0, 0.05) is 9.86 Å². The maximum Gasteiger partial charge on any atom is 0.0527 e. The van der Waals surface area contributed by atoms with Crippen molar-refractivity contribution < 1.29 is 0 Å². The van der Waals surface area contributed by atoms with Crippen LogP contribution in [0.5, 0.6) is 0 Å².